The molecule has 1 N–H and O–H groups in total. The molecule has 18 heavy (non-hydrogen) atoms. The summed E-state index contributed by atoms with van der Waals surface area (Å²) in [5, 5.41) is 4.73. The van der Waals surface area contributed by atoms with Crippen LogP contribution >= 0.6 is 11.3 Å². The molecule has 0 spiro atoms. The van der Waals surface area contributed by atoms with Crippen molar-refractivity contribution in [3.05, 3.63) is 22.4 Å². The summed E-state index contributed by atoms with van der Waals surface area (Å²) in [5.74, 6) is -0.510. The molecule has 5 heteroatoms. The molecule has 98 valence electrons. The zero-order chi connectivity index (χ0) is 13.0. The fourth-order valence-corrected chi connectivity index (χ4v) is 3.04. The predicted molar refractivity (Wildman–Crippen MR) is 69.6 cm³/mol. The van der Waals surface area contributed by atoms with Gasteiger partial charge in [-0.05, 0) is 24.3 Å². The summed E-state index contributed by atoms with van der Waals surface area (Å²) in [6.45, 7) is 0. The number of ether oxygens (including phenoxy) is 1. The van der Waals surface area contributed by atoms with E-state index in [1.807, 2.05) is 11.4 Å². The van der Waals surface area contributed by atoms with Crippen molar-refractivity contribution in [3.63, 3.8) is 0 Å². The zero-order valence-corrected chi connectivity index (χ0v) is 11.2. The van der Waals surface area contributed by atoms with Crippen molar-refractivity contribution in [2.75, 3.05) is 7.11 Å². The van der Waals surface area contributed by atoms with Crippen molar-refractivity contribution in [1.82, 2.24) is 5.32 Å². The van der Waals surface area contributed by atoms with Gasteiger partial charge in [-0.15, -0.1) is 11.3 Å². The number of thiophene rings is 1. The van der Waals surface area contributed by atoms with Crippen molar-refractivity contribution in [3.8, 4) is 0 Å². The monoisotopic (exact) mass is 267 g/mol. The maximum Gasteiger partial charge on any atom is 0.331 e. The lowest BCUT2D eigenvalue weighted by molar-refractivity contribution is -0.149. The average molecular weight is 267 g/mol. The smallest absolute Gasteiger partial charge is 0.331 e. The minimum absolute atomic E-state index is 0.183. The molecule has 1 heterocycles. The van der Waals surface area contributed by atoms with Gasteiger partial charge in [-0.1, -0.05) is 25.3 Å². The van der Waals surface area contributed by atoms with E-state index in [4.69, 9.17) is 4.74 Å². The Morgan fingerprint density at radius 2 is 2.06 bits per heavy atom. The SMILES string of the molecule is COC(=O)C1(NC(=O)c2cccs2)CCCCC1. The molecule has 0 atom stereocenters. The van der Waals surface area contributed by atoms with E-state index in [1.54, 1.807) is 6.07 Å². The van der Waals surface area contributed by atoms with E-state index in [9.17, 15) is 9.59 Å². The third kappa shape index (κ3) is 2.56. The van der Waals surface area contributed by atoms with Gasteiger partial charge in [-0.3, -0.25) is 4.79 Å². The van der Waals surface area contributed by atoms with Crippen molar-refractivity contribution < 1.29 is 14.3 Å². The number of carbonyl (C=O) groups excluding carboxylic acids is 2. The Kier molecular flexibility index (Phi) is 4.01. The molecule has 0 radical (unpaired) electrons. The summed E-state index contributed by atoms with van der Waals surface area (Å²) in [6.07, 6.45) is 4.32. The molecule has 1 aliphatic rings. The maximum absolute atomic E-state index is 12.1. The summed E-state index contributed by atoms with van der Waals surface area (Å²) >= 11 is 1.37. The largest absolute Gasteiger partial charge is 0.467 e. The quantitative estimate of drug-likeness (QED) is 0.855. The summed E-state index contributed by atoms with van der Waals surface area (Å²) in [4.78, 5) is 24.7. The van der Waals surface area contributed by atoms with Gasteiger partial charge in [0.05, 0.1) is 12.0 Å². The number of hydrogen-bond donors (Lipinski definition) is 1. The Hall–Kier alpha value is -1.36. The van der Waals surface area contributed by atoms with Gasteiger partial charge in [0.25, 0.3) is 5.91 Å². The molecule has 0 aromatic carbocycles. The molecule has 1 aromatic heterocycles. The Balaban J connectivity index is 2.15. The molecular formula is C13H17NO3S. The fraction of sp³-hybridized carbons (Fsp3) is 0.538. The Labute approximate surface area is 110 Å². The van der Waals surface area contributed by atoms with Crippen LogP contribution in [0.5, 0.6) is 0 Å². The number of methoxy groups -OCH3 is 1. The zero-order valence-electron chi connectivity index (χ0n) is 10.4. The Bertz CT molecular complexity index is 421. The number of rotatable bonds is 3. The van der Waals surface area contributed by atoms with Crippen LogP contribution in [0.4, 0.5) is 0 Å². The summed E-state index contributed by atoms with van der Waals surface area (Å²) < 4.78 is 4.86. The lowest BCUT2D eigenvalue weighted by Crippen LogP contribution is -2.56. The molecular weight excluding hydrogens is 250 g/mol. The van der Waals surface area contributed by atoms with Crippen molar-refractivity contribution in [2.24, 2.45) is 0 Å². The van der Waals surface area contributed by atoms with Crippen LogP contribution in [0.1, 0.15) is 41.8 Å². The minimum Gasteiger partial charge on any atom is -0.467 e. The first-order valence-electron chi connectivity index (χ1n) is 6.12. The van der Waals surface area contributed by atoms with Crippen LogP contribution in [0.2, 0.25) is 0 Å². The molecule has 1 aromatic rings. The van der Waals surface area contributed by atoms with Gasteiger partial charge in [0, 0.05) is 0 Å². The topological polar surface area (TPSA) is 55.4 Å². The number of hydrogen-bond acceptors (Lipinski definition) is 4. The van der Waals surface area contributed by atoms with Crippen molar-refractivity contribution in [1.29, 1.82) is 0 Å². The maximum atomic E-state index is 12.1. The van der Waals surface area contributed by atoms with E-state index < -0.39 is 5.54 Å². The van der Waals surface area contributed by atoms with Crippen molar-refractivity contribution >= 4 is 23.2 Å². The summed E-state index contributed by atoms with van der Waals surface area (Å²) in [6, 6.07) is 3.58. The van der Waals surface area contributed by atoms with E-state index in [-0.39, 0.29) is 11.9 Å². The highest BCUT2D eigenvalue weighted by atomic mass is 32.1. The second kappa shape index (κ2) is 5.52. The Morgan fingerprint density at radius 1 is 1.33 bits per heavy atom. The van der Waals surface area contributed by atoms with E-state index in [2.05, 4.69) is 5.32 Å². The van der Waals surface area contributed by atoms with Gasteiger partial charge in [-0.25, -0.2) is 4.79 Å². The van der Waals surface area contributed by atoms with Crippen LogP contribution in [-0.4, -0.2) is 24.5 Å². The van der Waals surface area contributed by atoms with Crippen LogP contribution in [0.15, 0.2) is 17.5 Å². The third-order valence-electron chi connectivity index (χ3n) is 3.38. The van der Waals surface area contributed by atoms with Gasteiger partial charge in [0.2, 0.25) is 0 Å². The molecule has 1 fully saturated rings. The van der Waals surface area contributed by atoms with Crippen LogP contribution in [0.3, 0.4) is 0 Å². The van der Waals surface area contributed by atoms with Gasteiger partial charge >= 0.3 is 5.97 Å². The van der Waals surface area contributed by atoms with Gasteiger partial charge in [-0.2, -0.15) is 0 Å². The molecule has 1 saturated carbocycles. The highest BCUT2D eigenvalue weighted by molar-refractivity contribution is 7.12. The van der Waals surface area contributed by atoms with Gasteiger partial charge < -0.3 is 10.1 Å². The molecule has 1 aliphatic carbocycles. The highest BCUT2D eigenvalue weighted by Crippen LogP contribution is 2.30. The van der Waals surface area contributed by atoms with Crippen LogP contribution in [-0.2, 0) is 9.53 Å². The lowest BCUT2D eigenvalue weighted by atomic mass is 9.81. The molecule has 2 rings (SSSR count). The number of nitrogens with one attached hydrogen (secondary N) is 1. The van der Waals surface area contributed by atoms with E-state index in [0.29, 0.717) is 17.7 Å². The first-order valence-corrected chi connectivity index (χ1v) is 7.00. The van der Waals surface area contributed by atoms with E-state index >= 15 is 0 Å². The molecule has 0 saturated heterocycles. The normalized spacial score (nSPS) is 18.1. The number of esters is 1. The molecule has 0 bridgehead atoms. The van der Waals surface area contributed by atoms with E-state index in [1.165, 1.54) is 18.4 Å². The summed E-state index contributed by atoms with van der Waals surface area (Å²) in [7, 11) is 1.37. The second-order valence-corrected chi connectivity index (χ2v) is 5.51. The molecule has 0 aliphatic heterocycles. The third-order valence-corrected chi connectivity index (χ3v) is 4.25. The number of amides is 1. The first kappa shape index (κ1) is 13.1. The summed E-state index contributed by atoms with van der Waals surface area (Å²) in [5.41, 5.74) is -0.825. The second-order valence-electron chi connectivity index (χ2n) is 4.57. The van der Waals surface area contributed by atoms with E-state index in [0.717, 1.165) is 19.3 Å². The van der Waals surface area contributed by atoms with Crippen LogP contribution in [0, 0.1) is 0 Å². The molecule has 0 unspecified atom stereocenters. The highest BCUT2D eigenvalue weighted by Gasteiger charge is 2.42. The lowest BCUT2D eigenvalue weighted by Gasteiger charge is -2.35. The van der Waals surface area contributed by atoms with Crippen molar-refractivity contribution in [2.45, 2.75) is 37.6 Å². The van der Waals surface area contributed by atoms with Crippen LogP contribution in [0.25, 0.3) is 0 Å². The Morgan fingerprint density at radius 3 is 2.61 bits per heavy atom. The predicted octanol–water partition coefficient (Wildman–Crippen LogP) is 2.35. The molecule has 4 nitrogen and oxygen atoms in total. The number of carbonyl (C=O) groups is 2. The average Bonchev–Trinajstić information content (AvgIpc) is 2.93. The fourth-order valence-electron chi connectivity index (χ4n) is 2.42. The molecule has 1 amide bonds. The first-order chi connectivity index (χ1) is 8.68. The van der Waals surface area contributed by atoms with Gasteiger partial charge in [0.1, 0.15) is 5.54 Å². The van der Waals surface area contributed by atoms with Crippen LogP contribution < -0.4 is 5.32 Å². The standard InChI is InChI=1S/C13H17NO3S/c1-17-12(16)13(7-3-2-4-8-13)14-11(15)10-6-5-9-18-10/h5-6,9H,2-4,7-8H2,1H3,(H,14,15). The minimum atomic E-state index is -0.825. The van der Waals surface area contributed by atoms with Gasteiger partial charge in [0.15, 0.2) is 0 Å².